The van der Waals surface area contributed by atoms with Gasteiger partial charge in [-0.2, -0.15) is 8.78 Å². The van der Waals surface area contributed by atoms with Crippen molar-refractivity contribution in [2.75, 3.05) is 19.0 Å². The van der Waals surface area contributed by atoms with Crippen LogP contribution >= 0.6 is 0 Å². The molecule has 9 heteroatoms. The molecule has 190 valence electrons. The van der Waals surface area contributed by atoms with Crippen molar-refractivity contribution >= 4 is 11.7 Å². The zero-order chi connectivity index (χ0) is 25.2. The second-order valence-electron chi connectivity index (χ2n) is 9.46. The first kappa shape index (κ1) is 25.3. The van der Waals surface area contributed by atoms with Gasteiger partial charge in [-0.05, 0) is 67.6 Å². The number of nitrogens with one attached hydrogen (secondary N) is 1. The number of hydrogen-bond donors (Lipinski definition) is 1. The number of halogens is 4. The third-order valence-electron chi connectivity index (χ3n) is 6.91. The molecule has 2 bridgehead atoms. The first-order valence-electron chi connectivity index (χ1n) is 11.7. The number of hydrogen-bond acceptors (Lipinski definition) is 5. The summed E-state index contributed by atoms with van der Waals surface area (Å²) in [6.07, 6.45) is 4.22. The number of alkyl halides is 4. The maximum Gasteiger partial charge on any atom is 0.342 e. The van der Waals surface area contributed by atoms with Crippen LogP contribution in [0.3, 0.4) is 0 Å². The molecule has 2 aliphatic rings. The topological polar surface area (TPSA) is 50.8 Å². The van der Waals surface area contributed by atoms with Crippen molar-refractivity contribution < 1.29 is 31.8 Å². The van der Waals surface area contributed by atoms with E-state index in [0.717, 1.165) is 43.5 Å². The van der Waals surface area contributed by atoms with Gasteiger partial charge in [-0.25, -0.2) is 13.6 Å². The van der Waals surface area contributed by atoms with Crippen molar-refractivity contribution in [3.8, 4) is 5.75 Å². The Morgan fingerprint density at radius 3 is 2.14 bits per heavy atom. The average molecular weight is 495 g/mol. The molecule has 0 saturated carbocycles. The van der Waals surface area contributed by atoms with E-state index in [1.165, 1.54) is 19.2 Å². The first-order chi connectivity index (χ1) is 16.6. The molecule has 0 spiro atoms. The maximum absolute atomic E-state index is 13.4. The Morgan fingerprint density at radius 1 is 1.00 bits per heavy atom. The quantitative estimate of drug-likeness (QED) is 0.355. The first-order valence-corrected chi connectivity index (χ1v) is 11.7. The molecule has 2 aliphatic heterocycles. The number of esters is 1. The van der Waals surface area contributed by atoms with Crippen molar-refractivity contribution in [1.29, 1.82) is 0 Å². The molecule has 0 radical (unpaired) electrons. The molecule has 2 aromatic rings. The second-order valence-corrected chi connectivity index (χ2v) is 9.46. The minimum absolute atomic E-state index is 0.118. The molecule has 0 aliphatic carbocycles. The van der Waals surface area contributed by atoms with Crippen molar-refractivity contribution in [2.45, 2.75) is 69.1 Å². The third-order valence-corrected chi connectivity index (χ3v) is 6.91. The second kappa shape index (κ2) is 10.0. The van der Waals surface area contributed by atoms with Crippen LogP contribution < -0.4 is 10.1 Å². The number of rotatable bonds is 9. The molecular formula is C26H30F4N2O3. The lowest BCUT2D eigenvalue weighted by Crippen LogP contribution is -2.46. The van der Waals surface area contributed by atoms with Gasteiger partial charge in [-0.15, -0.1) is 0 Å². The Labute approximate surface area is 202 Å². The fraction of sp³-hybridized carbons (Fsp3) is 0.500. The van der Waals surface area contributed by atoms with Crippen molar-refractivity contribution in [3.63, 3.8) is 0 Å². The number of fused-ring (bicyclic) bond motifs is 2. The highest BCUT2D eigenvalue weighted by molar-refractivity contribution is 5.89. The van der Waals surface area contributed by atoms with E-state index in [4.69, 9.17) is 9.47 Å². The highest BCUT2D eigenvalue weighted by Gasteiger charge is 2.53. The van der Waals surface area contributed by atoms with Crippen LogP contribution in [0.1, 0.15) is 48.5 Å². The van der Waals surface area contributed by atoms with Crippen LogP contribution in [0.15, 0.2) is 48.5 Å². The van der Waals surface area contributed by atoms with Crippen molar-refractivity contribution in [1.82, 2.24) is 4.90 Å². The largest absolute Gasteiger partial charge is 0.487 e. The van der Waals surface area contributed by atoms with Crippen LogP contribution in [0.2, 0.25) is 0 Å². The molecule has 2 aromatic carbocycles. The molecule has 0 aromatic heterocycles. The molecule has 2 saturated heterocycles. The van der Waals surface area contributed by atoms with Gasteiger partial charge in [-0.3, -0.25) is 4.90 Å². The van der Waals surface area contributed by atoms with Crippen LogP contribution in [0.25, 0.3) is 0 Å². The van der Waals surface area contributed by atoms with Crippen LogP contribution in [0, 0.1) is 0 Å². The Hall–Kier alpha value is -2.81. The van der Waals surface area contributed by atoms with Gasteiger partial charge in [0.1, 0.15) is 5.75 Å². The molecule has 2 unspecified atom stereocenters. The van der Waals surface area contributed by atoms with E-state index in [-0.39, 0.29) is 24.7 Å². The number of piperidine rings is 1. The van der Waals surface area contributed by atoms with Gasteiger partial charge in [-0.1, -0.05) is 12.1 Å². The summed E-state index contributed by atoms with van der Waals surface area (Å²) in [6, 6.07) is 15.2. The smallest absolute Gasteiger partial charge is 0.342 e. The van der Waals surface area contributed by atoms with E-state index in [9.17, 15) is 22.4 Å². The number of methoxy groups -OCH3 is 1. The maximum atomic E-state index is 13.4. The molecular weight excluding hydrogens is 464 g/mol. The fourth-order valence-electron chi connectivity index (χ4n) is 4.91. The molecule has 5 nitrogen and oxygen atoms in total. The summed E-state index contributed by atoms with van der Waals surface area (Å²) in [5.74, 6) is -8.60. The third kappa shape index (κ3) is 5.89. The molecule has 2 heterocycles. The zero-order valence-electron chi connectivity index (χ0n) is 19.8. The van der Waals surface area contributed by atoms with Crippen LogP contribution in [-0.2, 0) is 11.3 Å². The molecule has 4 rings (SSSR count). The molecule has 1 N–H and O–H groups in total. The van der Waals surface area contributed by atoms with Gasteiger partial charge >= 0.3 is 17.8 Å². The minimum atomic E-state index is -4.24. The van der Waals surface area contributed by atoms with E-state index in [1.807, 2.05) is 12.1 Å². The van der Waals surface area contributed by atoms with Crippen LogP contribution in [0.4, 0.5) is 23.2 Å². The Balaban J connectivity index is 1.29. The molecule has 2 fully saturated rings. The lowest BCUT2D eigenvalue weighted by molar-refractivity contribution is -0.211. The van der Waals surface area contributed by atoms with E-state index < -0.39 is 18.5 Å². The summed E-state index contributed by atoms with van der Waals surface area (Å²) in [5.41, 5.74) is 2.53. The van der Waals surface area contributed by atoms with E-state index in [1.54, 1.807) is 24.3 Å². The summed E-state index contributed by atoms with van der Waals surface area (Å²) < 4.78 is 62.4. The fourth-order valence-corrected chi connectivity index (χ4v) is 4.91. The van der Waals surface area contributed by atoms with Gasteiger partial charge in [0.05, 0.1) is 12.7 Å². The summed E-state index contributed by atoms with van der Waals surface area (Å²) in [6.45, 7) is -0.365. The number of benzene rings is 2. The Kier molecular flexibility index (Phi) is 7.26. The van der Waals surface area contributed by atoms with E-state index >= 15 is 0 Å². The van der Waals surface area contributed by atoms with Crippen LogP contribution in [0.5, 0.6) is 5.75 Å². The minimum Gasteiger partial charge on any atom is -0.487 e. The van der Waals surface area contributed by atoms with Gasteiger partial charge in [0, 0.05) is 37.3 Å². The molecule has 35 heavy (non-hydrogen) atoms. The monoisotopic (exact) mass is 494 g/mol. The van der Waals surface area contributed by atoms with Crippen molar-refractivity contribution in [2.24, 2.45) is 0 Å². The van der Waals surface area contributed by atoms with Crippen LogP contribution in [-0.4, -0.2) is 54.6 Å². The SMILES string of the molecule is COC(=O)c1ccc(CN2C3CCC2CC(Nc2ccc(OCC(F)(F)C(C)(F)F)cc2)C3)cc1. The summed E-state index contributed by atoms with van der Waals surface area (Å²) in [5, 5.41) is 3.51. The normalized spacial score (nSPS) is 22.6. The van der Waals surface area contributed by atoms with Gasteiger partial charge in [0.2, 0.25) is 0 Å². The predicted octanol–water partition coefficient (Wildman–Crippen LogP) is 5.75. The summed E-state index contributed by atoms with van der Waals surface area (Å²) in [7, 11) is 1.37. The highest BCUT2D eigenvalue weighted by Crippen LogP contribution is 2.38. The lowest BCUT2D eigenvalue weighted by Gasteiger charge is -2.39. The number of carbonyl (C=O) groups is 1. The average Bonchev–Trinajstić information content (AvgIpc) is 3.05. The highest BCUT2D eigenvalue weighted by atomic mass is 19.3. The number of carbonyl (C=O) groups excluding carboxylic acids is 1. The summed E-state index contributed by atoms with van der Waals surface area (Å²) >= 11 is 0. The van der Waals surface area contributed by atoms with Gasteiger partial charge in [0.15, 0.2) is 6.61 Å². The number of nitrogens with zero attached hydrogens (tertiary/aromatic N) is 1. The molecule has 0 amide bonds. The lowest BCUT2D eigenvalue weighted by atomic mass is 9.96. The van der Waals surface area contributed by atoms with E-state index in [2.05, 4.69) is 10.2 Å². The summed E-state index contributed by atoms with van der Waals surface area (Å²) in [4.78, 5) is 14.2. The Morgan fingerprint density at radius 2 is 1.60 bits per heavy atom. The standard InChI is InChI=1S/C26H30F4N2O3/c1-25(27,28)26(29,30)16-35-23-11-7-19(8-12-23)31-20-13-21-9-10-22(14-20)32(21)15-17-3-5-18(6-4-17)24(33)34-2/h3-8,11-12,20-22,31H,9-10,13-16H2,1-2H3. The van der Waals surface area contributed by atoms with E-state index in [0.29, 0.717) is 17.6 Å². The predicted molar refractivity (Wildman–Crippen MR) is 124 cm³/mol. The van der Waals surface area contributed by atoms with Crippen molar-refractivity contribution in [3.05, 3.63) is 59.7 Å². The molecule has 2 atom stereocenters. The Bertz CT molecular complexity index is 995. The number of ether oxygens (including phenoxy) is 2. The number of anilines is 1. The van der Waals surface area contributed by atoms with Gasteiger partial charge < -0.3 is 14.8 Å². The van der Waals surface area contributed by atoms with Gasteiger partial charge in [0.25, 0.3) is 0 Å². The zero-order valence-corrected chi connectivity index (χ0v) is 19.8.